The van der Waals surface area contributed by atoms with Gasteiger partial charge >= 0.3 is 0 Å². The first-order valence-electron chi connectivity index (χ1n) is 10.3. The minimum Gasteiger partial charge on any atom is -0.347 e. The highest BCUT2D eigenvalue weighted by molar-refractivity contribution is 7.90. The van der Waals surface area contributed by atoms with Crippen molar-refractivity contribution in [1.29, 1.82) is 0 Å². The number of nitrogens with two attached hydrogens (primary N) is 1. The number of carbonyl (C=O) groups excluding carboxylic acids is 1. The van der Waals surface area contributed by atoms with E-state index in [1.54, 1.807) is 12.1 Å². The summed E-state index contributed by atoms with van der Waals surface area (Å²) in [5, 5.41) is 13.8. The van der Waals surface area contributed by atoms with Crippen molar-refractivity contribution in [3.05, 3.63) is 29.8 Å². The molecular weight excluding hydrogens is 390 g/mol. The zero-order valence-corrected chi connectivity index (χ0v) is 17.6. The lowest BCUT2D eigenvalue weighted by Gasteiger charge is -2.33. The van der Waals surface area contributed by atoms with Gasteiger partial charge in [0.05, 0.1) is 17.5 Å². The number of hydrogen-bond acceptors (Lipinski definition) is 7. The Hall–Kier alpha value is -2.00. The summed E-state index contributed by atoms with van der Waals surface area (Å²) < 4.78 is 23.3. The fraction of sp³-hybridized carbons (Fsp3) is 0.650. The summed E-state index contributed by atoms with van der Waals surface area (Å²) in [7, 11) is -3.29. The smallest absolute Gasteiger partial charge is 0.251 e. The van der Waals surface area contributed by atoms with Crippen molar-refractivity contribution >= 4 is 15.7 Å². The van der Waals surface area contributed by atoms with Crippen LogP contribution in [0.3, 0.4) is 0 Å². The summed E-state index contributed by atoms with van der Waals surface area (Å²) in [6.45, 7) is 0.630. The Balaban J connectivity index is 1.49. The van der Waals surface area contributed by atoms with Crippen LogP contribution >= 0.6 is 0 Å². The summed E-state index contributed by atoms with van der Waals surface area (Å²) in [5.41, 5.74) is 6.36. The van der Waals surface area contributed by atoms with Crippen molar-refractivity contribution in [3.8, 4) is 0 Å². The van der Waals surface area contributed by atoms with Gasteiger partial charge in [-0.1, -0.05) is 24.5 Å². The van der Waals surface area contributed by atoms with Gasteiger partial charge in [0.1, 0.15) is 11.7 Å². The fourth-order valence-corrected chi connectivity index (χ4v) is 4.96. The van der Waals surface area contributed by atoms with Crippen molar-refractivity contribution in [1.82, 2.24) is 10.3 Å². The number of sulfone groups is 1. The van der Waals surface area contributed by atoms with E-state index in [0.717, 1.165) is 44.8 Å². The number of nitrogens with one attached hydrogen (secondary N) is 1. The Morgan fingerprint density at radius 1 is 1.21 bits per heavy atom. The van der Waals surface area contributed by atoms with E-state index in [2.05, 4.69) is 15.7 Å². The third-order valence-corrected chi connectivity index (χ3v) is 7.49. The Morgan fingerprint density at radius 3 is 2.45 bits per heavy atom. The molecule has 0 bridgehead atoms. The van der Waals surface area contributed by atoms with E-state index >= 15 is 0 Å². The molecule has 1 unspecified atom stereocenters. The van der Waals surface area contributed by atoms with Crippen LogP contribution in [0.4, 0.5) is 0 Å². The summed E-state index contributed by atoms with van der Waals surface area (Å²) in [6.07, 6.45) is 8.69. The molecule has 2 fully saturated rings. The number of rotatable bonds is 6. The van der Waals surface area contributed by atoms with Crippen LogP contribution in [0.25, 0.3) is 0 Å². The summed E-state index contributed by atoms with van der Waals surface area (Å²) in [4.78, 5) is 13.1. The van der Waals surface area contributed by atoms with Gasteiger partial charge in [0.15, 0.2) is 9.84 Å². The molecule has 0 spiro atoms. The molecular formula is C20H29N5O3S. The second-order valence-electron chi connectivity index (χ2n) is 8.65. The van der Waals surface area contributed by atoms with Gasteiger partial charge in [0.2, 0.25) is 0 Å². The molecule has 0 saturated heterocycles. The first-order valence-corrected chi connectivity index (χ1v) is 12.2. The van der Waals surface area contributed by atoms with E-state index in [1.807, 2.05) is 5.01 Å². The molecule has 1 amide bonds. The van der Waals surface area contributed by atoms with Gasteiger partial charge < -0.3 is 11.1 Å². The molecule has 0 aromatic heterocycles. The Bertz CT molecular complexity index is 889. The number of carbonyl (C=O) groups is 1. The number of nitrogens with zero attached hydrogens (tertiary/aromatic N) is 3. The van der Waals surface area contributed by atoms with Crippen LogP contribution in [0.5, 0.6) is 0 Å². The van der Waals surface area contributed by atoms with E-state index < -0.39 is 9.84 Å². The molecule has 0 radical (unpaired) electrons. The number of hydrogen-bond donors (Lipinski definition) is 2. The highest BCUT2D eigenvalue weighted by Gasteiger charge is 2.48. The third-order valence-electron chi connectivity index (χ3n) is 6.36. The van der Waals surface area contributed by atoms with Crippen molar-refractivity contribution in [3.63, 3.8) is 0 Å². The normalized spacial score (nSPS) is 25.0. The van der Waals surface area contributed by atoms with Gasteiger partial charge in [-0.2, -0.15) is 5.11 Å². The van der Waals surface area contributed by atoms with Gasteiger partial charge in [0.25, 0.3) is 5.91 Å². The maximum absolute atomic E-state index is 12.9. The molecule has 1 aliphatic heterocycles. The lowest BCUT2D eigenvalue weighted by atomic mass is 9.81. The molecule has 2 aliphatic carbocycles. The molecule has 8 nitrogen and oxygen atoms in total. The zero-order valence-electron chi connectivity index (χ0n) is 16.8. The summed E-state index contributed by atoms with van der Waals surface area (Å²) in [6, 6.07) is 5.85. The SMILES string of the molecule is CS(=O)(=O)c1ccc(C(=O)N[C@@H](C2CCCCC2)C2CN(C3(N)CC3)N=N2)cc1. The molecule has 4 rings (SSSR count). The molecule has 158 valence electrons. The predicted octanol–water partition coefficient (Wildman–Crippen LogP) is 2.27. The van der Waals surface area contributed by atoms with E-state index in [4.69, 9.17) is 5.73 Å². The summed E-state index contributed by atoms with van der Waals surface area (Å²) >= 11 is 0. The van der Waals surface area contributed by atoms with Crippen LogP contribution in [-0.4, -0.2) is 49.9 Å². The van der Waals surface area contributed by atoms with Crippen LogP contribution in [0, 0.1) is 5.92 Å². The molecule has 2 atom stereocenters. The Morgan fingerprint density at radius 2 is 1.86 bits per heavy atom. The van der Waals surface area contributed by atoms with Crippen molar-refractivity contribution in [2.45, 2.75) is 67.6 Å². The van der Waals surface area contributed by atoms with E-state index in [0.29, 0.717) is 18.0 Å². The lowest BCUT2D eigenvalue weighted by Crippen LogP contribution is -2.51. The highest BCUT2D eigenvalue weighted by Crippen LogP contribution is 2.39. The van der Waals surface area contributed by atoms with E-state index in [9.17, 15) is 13.2 Å². The Labute approximate surface area is 171 Å². The summed E-state index contributed by atoms with van der Waals surface area (Å²) in [5.74, 6) is 0.156. The van der Waals surface area contributed by atoms with Crippen LogP contribution in [0.2, 0.25) is 0 Å². The van der Waals surface area contributed by atoms with Crippen LogP contribution in [0.1, 0.15) is 55.3 Å². The molecule has 3 aliphatic rings. The monoisotopic (exact) mass is 419 g/mol. The van der Waals surface area contributed by atoms with Gasteiger partial charge in [-0.15, -0.1) is 0 Å². The van der Waals surface area contributed by atoms with Crippen LogP contribution in [-0.2, 0) is 9.84 Å². The quantitative estimate of drug-likeness (QED) is 0.733. The minimum atomic E-state index is -3.29. The number of benzene rings is 1. The molecule has 1 heterocycles. The molecule has 1 aromatic carbocycles. The topological polar surface area (TPSA) is 117 Å². The van der Waals surface area contributed by atoms with Crippen molar-refractivity contribution < 1.29 is 13.2 Å². The minimum absolute atomic E-state index is 0.103. The molecule has 1 aromatic rings. The third kappa shape index (κ3) is 4.45. The maximum atomic E-state index is 12.9. The largest absolute Gasteiger partial charge is 0.347 e. The Kier molecular flexibility index (Phi) is 5.37. The second-order valence-corrected chi connectivity index (χ2v) is 10.7. The zero-order chi connectivity index (χ0) is 20.6. The van der Waals surface area contributed by atoms with Crippen LogP contribution in [0.15, 0.2) is 39.5 Å². The van der Waals surface area contributed by atoms with Gasteiger partial charge in [-0.05, 0) is 55.9 Å². The maximum Gasteiger partial charge on any atom is 0.251 e. The average molecular weight is 420 g/mol. The molecule has 3 N–H and O–H groups in total. The average Bonchev–Trinajstić information content (AvgIpc) is 3.26. The van der Waals surface area contributed by atoms with E-state index in [1.165, 1.54) is 18.6 Å². The van der Waals surface area contributed by atoms with E-state index in [-0.39, 0.29) is 28.5 Å². The van der Waals surface area contributed by atoms with Gasteiger partial charge in [-0.25, -0.2) is 8.42 Å². The molecule has 9 heteroatoms. The van der Waals surface area contributed by atoms with Crippen molar-refractivity contribution in [2.75, 3.05) is 12.8 Å². The predicted molar refractivity (Wildman–Crippen MR) is 109 cm³/mol. The van der Waals surface area contributed by atoms with Crippen molar-refractivity contribution in [2.24, 2.45) is 22.0 Å². The highest BCUT2D eigenvalue weighted by atomic mass is 32.2. The standard InChI is InChI=1S/C20H29N5O3S/c1-29(27,28)16-9-7-15(8-10-16)19(26)22-18(14-5-3-2-4-6-14)17-13-25(24-23-17)20(21)11-12-20/h7-10,14,17-18H,2-6,11-13,21H2,1H3,(H,22,26)/t17?,18-/m0/s1. The second kappa shape index (κ2) is 7.68. The number of amides is 1. The van der Waals surface area contributed by atoms with Crippen LogP contribution < -0.4 is 11.1 Å². The first kappa shape index (κ1) is 20.3. The first-order chi connectivity index (χ1) is 13.8. The lowest BCUT2D eigenvalue weighted by molar-refractivity contribution is 0.0896. The van der Waals surface area contributed by atoms with Gasteiger partial charge in [-0.3, -0.25) is 9.80 Å². The van der Waals surface area contributed by atoms with Gasteiger partial charge in [0, 0.05) is 11.8 Å². The molecule has 29 heavy (non-hydrogen) atoms. The molecule has 2 saturated carbocycles. The fourth-order valence-electron chi connectivity index (χ4n) is 4.33.